The highest BCUT2D eigenvalue weighted by Gasteiger charge is 2.49. The molecule has 0 radical (unpaired) electrons. The number of anilines is 1. The quantitative estimate of drug-likeness (QED) is 0.291. The van der Waals surface area contributed by atoms with Gasteiger partial charge in [-0.1, -0.05) is 54.6 Å². The molecule has 2 aromatic carbocycles. The third-order valence-corrected chi connectivity index (χ3v) is 8.59. The highest BCUT2D eigenvalue weighted by Crippen LogP contribution is 2.46. The van der Waals surface area contributed by atoms with Gasteiger partial charge in [0.15, 0.2) is 5.82 Å². The summed E-state index contributed by atoms with van der Waals surface area (Å²) in [6.07, 6.45) is 3.71. The first-order valence-electron chi connectivity index (χ1n) is 14.4. The van der Waals surface area contributed by atoms with E-state index in [1.807, 2.05) is 67.6 Å². The number of carboxylic acid groups (broad SMARTS) is 1. The third kappa shape index (κ3) is 6.41. The Hall–Kier alpha value is -3.82. The van der Waals surface area contributed by atoms with Gasteiger partial charge in [0.1, 0.15) is 5.69 Å². The van der Waals surface area contributed by atoms with Crippen molar-refractivity contribution in [3.63, 3.8) is 0 Å². The zero-order valence-corrected chi connectivity index (χ0v) is 23.7. The Bertz CT molecular complexity index is 1380. The summed E-state index contributed by atoms with van der Waals surface area (Å²) >= 11 is 0. The first-order valence-corrected chi connectivity index (χ1v) is 14.4. The number of rotatable bonds is 8. The van der Waals surface area contributed by atoms with Gasteiger partial charge in [0.25, 0.3) is 0 Å². The minimum absolute atomic E-state index is 0.0247. The maximum absolute atomic E-state index is 13.0. The first-order chi connectivity index (χ1) is 19.6. The number of carbonyl (C=O) groups excluding carboxylic acids is 1. The maximum atomic E-state index is 13.0. The molecule has 216 valence electrons. The normalized spacial score (nSPS) is 25.7. The van der Waals surface area contributed by atoms with Crippen LogP contribution >= 0.6 is 0 Å². The number of benzene rings is 2. The number of nitrogens with two attached hydrogens (primary N) is 1. The van der Waals surface area contributed by atoms with Crippen LogP contribution in [0.4, 0.5) is 10.6 Å². The molecule has 0 saturated heterocycles. The zero-order chi connectivity index (χ0) is 29.2. The largest absolute Gasteiger partial charge is 0.465 e. The molecule has 0 aliphatic heterocycles. The molecule has 0 atom stereocenters. The monoisotopic (exact) mass is 557 g/mol. The SMILES string of the molecule is CCN(C(=O)O)C1CCC(CC(=O)Nc2cc(-c3ccccc3)c(-c3ccc([C@]4(N)C[C@](C)(O)C4)cc3)nn2)CC1. The average molecular weight is 558 g/mol. The fourth-order valence-electron chi connectivity index (χ4n) is 6.64. The molecule has 9 heteroatoms. The Balaban J connectivity index is 1.29. The van der Waals surface area contributed by atoms with Crippen LogP contribution in [0.25, 0.3) is 22.4 Å². The van der Waals surface area contributed by atoms with Gasteiger partial charge in [0, 0.05) is 35.7 Å². The van der Waals surface area contributed by atoms with Crippen molar-refractivity contribution in [2.24, 2.45) is 11.7 Å². The molecule has 2 aliphatic carbocycles. The molecule has 0 spiro atoms. The molecule has 2 amide bonds. The van der Waals surface area contributed by atoms with Gasteiger partial charge in [-0.15, -0.1) is 10.2 Å². The molecule has 1 heterocycles. The second-order valence-corrected chi connectivity index (χ2v) is 11.9. The molecule has 5 N–H and O–H groups in total. The number of amides is 2. The number of aromatic nitrogens is 2. The summed E-state index contributed by atoms with van der Waals surface area (Å²) in [5, 5.41) is 31.4. The van der Waals surface area contributed by atoms with E-state index in [2.05, 4.69) is 15.5 Å². The number of nitrogens with one attached hydrogen (secondary N) is 1. The molecule has 2 fully saturated rings. The van der Waals surface area contributed by atoms with Crippen LogP contribution in [0.2, 0.25) is 0 Å². The predicted octanol–water partition coefficient (Wildman–Crippen LogP) is 5.40. The summed E-state index contributed by atoms with van der Waals surface area (Å²) in [7, 11) is 0. The highest BCUT2D eigenvalue weighted by molar-refractivity contribution is 5.91. The lowest BCUT2D eigenvalue weighted by atomic mass is 9.63. The Kier molecular flexibility index (Phi) is 8.11. The minimum Gasteiger partial charge on any atom is -0.465 e. The van der Waals surface area contributed by atoms with Crippen molar-refractivity contribution in [2.75, 3.05) is 11.9 Å². The summed E-state index contributed by atoms with van der Waals surface area (Å²) < 4.78 is 0. The van der Waals surface area contributed by atoms with Crippen molar-refractivity contribution in [1.82, 2.24) is 15.1 Å². The van der Waals surface area contributed by atoms with E-state index in [0.29, 0.717) is 37.3 Å². The van der Waals surface area contributed by atoms with E-state index in [4.69, 9.17) is 5.73 Å². The van der Waals surface area contributed by atoms with Crippen molar-refractivity contribution in [3.05, 3.63) is 66.2 Å². The van der Waals surface area contributed by atoms with Crippen LogP contribution in [-0.4, -0.2) is 55.5 Å². The van der Waals surface area contributed by atoms with Crippen LogP contribution in [0.3, 0.4) is 0 Å². The van der Waals surface area contributed by atoms with Gasteiger partial charge in [0.05, 0.1) is 5.60 Å². The Morgan fingerprint density at radius 2 is 1.66 bits per heavy atom. The highest BCUT2D eigenvalue weighted by atomic mass is 16.4. The molecular weight excluding hydrogens is 518 g/mol. The Labute approximate surface area is 240 Å². The molecule has 1 aromatic heterocycles. The molecular formula is C32H39N5O4. The van der Waals surface area contributed by atoms with Crippen LogP contribution < -0.4 is 11.1 Å². The summed E-state index contributed by atoms with van der Waals surface area (Å²) in [6.45, 7) is 4.14. The smallest absolute Gasteiger partial charge is 0.407 e. The van der Waals surface area contributed by atoms with E-state index in [1.54, 1.807) is 6.92 Å². The Morgan fingerprint density at radius 3 is 2.24 bits per heavy atom. The van der Waals surface area contributed by atoms with E-state index in [1.165, 1.54) is 4.90 Å². The van der Waals surface area contributed by atoms with Crippen molar-refractivity contribution < 1.29 is 19.8 Å². The lowest BCUT2D eigenvalue weighted by Gasteiger charge is -2.49. The van der Waals surface area contributed by atoms with E-state index in [0.717, 1.165) is 47.9 Å². The maximum Gasteiger partial charge on any atom is 0.407 e. The molecule has 41 heavy (non-hydrogen) atoms. The lowest BCUT2D eigenvalue weighted by molar-refractivity contribution is -0.117. The zero-order valence-electron chi connectivity index (χ0n) is 23.7. The molecule has 0 bridgehead atoms. The Morgan fingerprint density at radius 1 is 1.00 bits per heavy atom. The van der Waals surface area contributed by atoms with Crippen LogP contribution in [0.15, 0.2) is 60.7 Å². The topological polar surface area (TPSA) is 142 Å². The van der Waals surface area contributed by atoms with Gasteiger partial charge >= 0.3 is 6.09 Å². The summed E-state index contributed by atoms with van der Waals surface area (Å²) in [5.41, 5.74) is 9.64. The van der Waals surface area contributed by atoms with E-state index >= 15 is 0 Å². The van der Waals surface area contributed by atoms with Gasteiger partial charge < -0.3 is 26.2 Å². The third-order valence-electron chi connectivity index (χ3n) is 8.59. The van der Waals surface area contributed by atoms with Crippen molar-refractivity contribution in [3.8, 4) is 22.4 Å². The number of carbonyl (C=O) groups is 2. The van der Waals surface area contributed by atoms with E-state index in [9.17, 15) is 19.8 Å². The van der Waals surface area contributed by atoms with E-state index in [-0.39, 0.29) is 17.9 Å². The summed E-state index contributed by atoms with van der Waals surface area (Å²) in [6, 6.07) is 19.7. The lowest BCUT2D eigenvalue weighted by Crippen LogP contribution is -2.58. The number of hydrogen-bond donors (Lipinski definition) is 4. The number of nitrogens with zero attached hydrogens (tertiary/aromatic N) is 3. The van der Waals surface area contributed by atoms with Crippen molar-refractivity contribution in [2.45, 2.75) is 76.0 Å². The van der Waals surface area contributed by atoms with Gasteiger partial charge in [-0.2, -0.15) is 0 Å². The summed E-state index contributed by atoms with van der Waals surface area (Å²) in [5.74, 6) is 0.487. The predicted molar refractivity (Wildman–Crippen MR) is 158 cm³/mol. The molecule has 2 saturated carbocycles. The molecule has 2 aliphatic rings. The standard InChI is InChI=1S/C32H39N5O4/c1-3-37(30(39)40)25-15-9-21(10-16-25)17-28(38)34-27-18-26(22-7-5-4-6-8-22)29(36-35-27)23-11-13-24(14-12-23)32(33)19-31(2,41)20-32/h4-8,11-14,18,21,25,41H,3,9-10,15-17,19-20,33H2,1-2H3,(H,39,40)(H,34,35,38)/t21?,25?,31-,32-. The van der Waals surface area contributed by atoms with Crippen molar-refractivity contribution in [1.29, 1.82) is 0 Å². The van der Waals surface area contributed by atoms with Gasteiger partial charge in [0.2, 0.25) is 5.91 Å². The summed E-state index contributed by atoms with van der Waals surface area (Å²) in [4.78, 5) is 25.9. The number of aliphatic hydroxyl groups is 1. The van der Waals surface area contributed by atoms with Gasteiger partial charge in [-0.25, -0.2) is 4.79 Å². The fraction of sp³-hybridized carbons (Fsp3) is 0.438. The molecule has 0 unspecified atom stereocenters. The second kappa shape index (κ2) is 11.6. The average Bonchev–Trinajstić information content (AvgIpc) is 2.93. The fourth-order valence-corrected chi connectivity index (χ4v) is 6.64. The first kappa shape index (κ1) is 28.7. The molecule has 5 rings (SSSR count). The van der Waals surface area contributed by atoms with Crippen LogP contribution in [0, 0.1) is 5.92 Å². The number of hydrogen-bond acceptors (Lipinski definition) is 6. The van der Waals surface area contributed by atoms with Crippen LogP contribution in [-0.2, 0) is 10.3 Å². The molecule has 9 nitrogen and oxygen atoms in total. The van der Waals surface area contributed by atoms with Crippen LogP contribution in [0.5, 0.6) is 0 Å². The van der Waals surface area contributed by atoms with Crippen molar-refractivity contribution >= 4 is 17.8 Å². The van der Waals surface area contributed by atoms with Gasteiger partial charge in [-0.3, -0.25) is 4.79 Å². The van der Waals surface area contributed by atoms with Gasteiger partial charge in [-0.05, 0) is 75.5 Å². The van der Waals surface area contributed by atoms with Crippen LogP contribution in [0.1, 0.15) is 64.4 Å². The van der Waals surface area contributed by atoms with E-state index < -0.39 is 17.2 Å². The second-order valence-electron chi connectivity index (χ2n) is 11.9. The molecule has 3 aromatic rings. The minimum atomic E-state index is -0.878.